The summed E-state index contributed by atoms with van der Waals surface area (Å²) < 4.78 is 0. The van der Waals surface area contributed by atoms with Crippen LogP contribution in [-0.2, 0) is 0 Å². The van der Waals surface area contributed by atoms with Crippen molar-refractivity contribution in [3.63, 3.8) is 0 Å². The van der Waals surface area contributed by atoms with Crippen molar-refractivity contribution in [3.8, 4) is 0 Å². The molecule has 0 aromatic carbocycles. The molecule has 2 radical (unpaired) electrons. The molecule has 2 aromatic rings. The van der Waals surface area contributed by atoms with Crippen LogP contribution in [-0.4, -0.2) is 41.7 Å². The summed E-state index contributed by atoms with van der Waals surface area (Å²) >= 11 is 0. The van der Waals surface area contributed by atoms with Crippen molar-refractivity contribution < 1.29 is 4.79 Å². The maximum atomic E-state index is 12.2. The van der Waals surface area contributed by atoms with Crippen LogP contribution in [0.2, 0.25) is 0 Å². The second kappa shape index (κ2) is 4.40. The molecule has 0 aliphatic carbocycles. The Bertz CT molecular complexity index is 608. The number of hydrogen-bond donors (Lipinski definition) is 0. The second-order valence-electron chi connectivity index (χ2n) is 4.50. The predicted molar refractivity (Wildman–Crippen MR) is 70.1 cm³/mol. The standard InChI is InChI=1S/C13H12BN3O/c14-10-8-15-7-9-3-4-11(16-12(9)10)13(18)17-5-1-2-6-17/h3-4,7-8H,1-2,5-6H2. The average Bonchev–Trinajstić information content (AvgIpc) is 2.92. The molecule has 2 aromatic heterocycles. The van der Waals surface area contributed by atoms with Crippen LogP contribution in [0.1, 0.15) is 23.3 Å². The van der Waals surface area contributed by atoms with Crippen molar-refractivity contribution >= 4 is 30.1 Å². The Morgan fingerprint density at radius 3 is 2.78 bits per heavy atom. The molecule has 5 heteroatoms. The highest BCUT2D eigenvalue weighted by Gasteiger charge is 2.20. The van der Waals surface area contributed by atoms with Gasteiger partial charge in [-0.25, -0.2) is 4.98 Å². The quantitative estimate of drug-likeness (QED) is 0.684. The Morgan fingerprint density at radius 2 is 2.00 bits per heavy atom. The van der Waals surface area contributed by atoms with E-state index in [1.54, 1.807) is 18.5 Å². The second-order valence-corrected chi connectivity index (χ2v) is 4.50. The number of carbonyl (C=O) groups is 1. The SMILES string of the molecule is [B]c1cncc2ccc(C(=O)N3CCCC3)nc12. The van der Waals surface area contributed by atoms with E-state index in [1.807, 2.05) is 11.0 Å². The summed E-state index contributed by atoms with van der Waals surface area (Å²) in [7, 11) is 5.83. The van der Waals surface area contributed by atoms with Gasteiger partial charge >= 0.3 is 0 Å². The number of likely N-dealkylation sites (tertiary alicyclic amines) is 1. The van der Waals surface area contributed by atoms with Gasteiger partial charge in [0.15, 0.2) is 0 Å². The molecule has 0 atom stereocenters. The molecule has 0 spiro atoms. The van der Waals surface area contributed by atoms with E-state index in [1.165, 1.54) is 0 Å². The minimum absolute atomic E-state index is 0.00869. The number of aromatic nitrogens is 2. The normalized spacial score (nSPS) is 15.2. The van der Waals surface area contributed by atoms with E-state index >= 15 is 0 Å². The first-order valence-corrected chi connectivity index (χ1v) is 6.05. The van der Waals surface area contributed by atoms with Crippen LogP contribution in [0.3, 0.4) is 0 Å². The smallest absolute Gasteiger partial charge is 0.272 e. The largest absolute Gasteiger partial charge is 0.337 e. The first kappa shape index (κ1) is 11.2. The number of pyridine rings is 2. The van der Waals surface area contributed by atoms with Gasteiger partial charge in [0.05, 0.1) is 5.52 Å². The van der Waals surface area contributed by atoms with E-state index in [0.717, 1.165) is 31.3 Å². The van der Waals surface area contributed by atoms with E-state index in [2.05, 4.69) is 9.97 Å². The summed E-state index contributed by atoms with van der Waals surface area (Å²) in [5.74, 6) is -0.00869. The monoisotopic (exact) mass is 237 g/mol. The first-order chi connectivity index (χ1) is 8.75. The van der Waals surface area contributed by atoms with E-state index in [4.69, 9.17) is 7.85 Å². The molecule has 4 nitrogen and oxygen atoms in total. The topological polar surface area (TPSA) is 46.1 Å². The maximum Gasteiger partial charge on any atom is 0.272 e. The lowest BCUT2D eigenvalue weighted by Crippen LogP contribution is -2.28. The van der Waals surface area contributed by atoms with Crippen LogP contribution in [0.25, 0.3) is 10.9 Å². The molecule has 1 saturated heterocycles. The highest BCUT2D eigenvalue weighted by atomic mass is 16.2. The van der Waals surface area contributed by atoms with Gasteiger partial charge in [0, 0.05) is 30.9 Å². The third kappa shape index (κ3) is 1.86. The molecule has 0 unspecified atom stereocenters. The highest BCUT2D eigenvalue weighted by molar-refractivity contribution is 6.37. The molecule has 0 N–H and O–H groups in total. The fourth-order valence-corrected chi connectivity index (χ4v) is 2.27. The molecule has 1 aliphatic heterocycles. The number of carbonyl (C=O) groups excluding carboxylic acids is 1. The molecular formula is C13H12BN3O. The van der Waals surface area contributed by atoms with Crippen molar-refractivity contribution in [2.45, 2.75) is 12.8 Å². The van der Waals surface area contributed by atoms with Gasteiger partial charge in [-0.3, -0.25) is 9.78 Å². The van der Waals surface area contributed by atoms with Crippen LogP contribution in [0.5, 0.6) is 0 Å². The van der Waals surface area contributed by atoms with Gasteiger partial charge in [-0.15, -0.1) is 0 Å². The number of amides is 1. The highest BCUT2D eigenvalue weighted by Crippen LogP contribution is 2.14. The number of hydrogen-bond acceptors (Lipinski definition) is 3. The molecule has 18 heavy (non-hydrogen) atoms. The Kier molecular flexibility index (Phi) is 2.74. The molecule has 1 fully saturated rings. The van der Waals surface area contributed by atoms with Crippen LogP contribution in [0.15, 0.2) is 24.5 Å². The summed E-state index contributed by atoms with van der Waals surface area (Å²) in [5, 5.41) is 0.855. The Labute approximate surface area is 106 Å². The summed E-state index contributed by atoms with van der Waals surface area (Å²) in [6.45, 7) is 1.65. The molecular weight excluding hydrogens is 225 g/mol. The lowest BCUT2D eigenvalue weighted by atomic mass is 9.96. The third-order valence-corrected chi connectivity index (χ3v) is 3.24. The van der Waals surface area contributed by atoms with Crippen molar-refractivity contribution in [1.82, 2.24) is 14.9 Å². The van der Waals surface area contributed by atoms with Crippen molar-refractivity contribution in [2.75, 3.05) is 13.1 Å². The summed E-state index contributed by atoms with van der Waals surface area (Å²) in [6.07, 6.45) is 5.40. The van der Waals surface area contributed by atoms with Crippen molar-refractivity contribution in [1.29, 1.82) is 0 Å². The minimum Gasteiger partial charge on any atom is -0.337 e. The van der Waals surface area contributed by atoms with Gasteiger partial charge in [0.2, 0.25) is 0 Å². The van der Waals surface area contributed by atoms with Gasteiger partial charge in [-0.2, -0.15) is 0 Å². The zero-order chi connectivity index (χ0) is 12.5. The molecule has 3 heterocycles. The number of fused-ring (bicyclic) bond motifs is 1. The third-order valence-electron chi connectivity index (χ3n) is 3.24. The van der Waals surface area contributed by atoms with E-state index in [9.17, 15) is 4.79 Å². The lowest BCUT2D eigenvalue weighted by molar-refractivity contribution is 0.0787. The molecule has 3 rings (SSSR count). The van der Waals surface area contributed by atoms with Crippen molar-refractivity contribution in [3.05, 3.63) is 30.2 Å². The van der Waals surface area contributed by atoms with Crippen molar-refractivity contribution in [2.24, 2.45) is 0 Å². The van der Waals surface area contributed by atoms with Gasteiger partial charge in [-0.05, 0) is 25.0 Å². The first-order valence-electron chi connectivity index (χ1n) is 6.05. The van der Waals surface area contributed by atoms with E-state index < -0.39 is 0 Å². The van der Waals surface area contributed by atoms with Gasteiger partial charge < -0.3 is 4.90 Å². The number of rotatable bonds is 1. The molecule has 1 aliphatic rings. The van der Waals surface area contributed by atoms with Crippen LogP contribution >= 0.6 is 0 Å². The summed E-state index contributed by atoms with van der Waals surface area (Å²) in [4.78, 5) is 22.4. The zero-order valence-corrected chi connectivity index (χ0v) is 9.97. The fraction of sp³-hybridized carbons (Fsp3) is 0.308. The maximum absolute atomic E-state index is 12.2. The van der Waals surface area contributed by atoms with Crippen LogP contribution in [0, 0.1) is 0 Å². The average molecular weight is 237 g/mol. The van der Waals surface area contributed by atoms with Gasteiger partial charge in [-0.1, -0.05) is 5.46 Å². The zero-order valence-electron chi connectivity index (χ0n) is 9.97. The van der Waals surface area contributed by atoms with Crippen LogP contribution < -0.4 is 5.46 Å². The van der Waals surface area contributed by atoms with Gasteiger partial charge in [0.1, 0.15) is 13.5 Å². The Hall–Kier alpha value is -1.91. The predicted octanol–water partition coefficient (Wildman–Crippen LogP) is 0.660. The summed E-state index contributed by atoms with van der Waals surface area (Å²) in [5.41, 5.74) is 1.61. The van der Waals surface area contributed by atoms with Crippen LogP contribution in [0.4, 0.5) is 0 Å². The van der Waals surface area contributed by atoms with E-state index in [-0.39, 0.29) is 5.91 Å². The minimum atomic E-state index is -0.00869. The fourth-order valence-electron chi connectivity index (χ4n) is 2.27. The molecule has 88 valence electrons. The number of nitrogens with zero attached hydrogens (tertiary/aromatic N) is 3. The molecule has 1 amide bonds. The van der Waals surface area contributed by atoms with Gasteiger partial charge in [0.25, 0.3) is 5.91 Å². The molecule has 0 bridgehead atoms. The lowest BCUT2D eigenvalue weighted by Gasteiger charge is -2.14. The summed E-state index contributed by atoms with van der Waals surface area (Å²) in [6, 6.07) is 3.58. The Morgan fingerprint density at radius 1 is 1.22 bits per heavy atom. The molecule has 0 saturated carbocycles. The Balaban J connectivity index is 2.02. The van der Waals surface area contributed by atoms with E-state index in [0.29, 0.717) is 16.7 Å².